The predicted molar refractivity (Wildman–Crippen MR) is 74.4 cm³/mol. The fourth-order valence-corrected chi connectivity index (χ4v) is 2.97. The van der Waals surface area contributed by atoms with Gasteiger partial charge in [0.15, 0.2) is 0 Å². The van der Waals surface area contributed by atoms with E-state index in [4.69, 9.17) is 9.26 Å². The van der Waals surface area contributed by atoms with Crippen molar-refractivity contribution in [1.82, 2.24) is 5.09 Å². The van der Waals surface area contributed by atoms with Gasteiger partial charge in [-0.3, -0.25) is 9.36 Å². The molecular weight excluding hydrogens is 265 g/mol. The van der Waals surface area contributed by atoms with Crippen LogP contribution < -0.4 is 9.61 Å². The van der Waals surface area contributed by atoms with E-state index in [0.29, 0.717) is 12.4 Å². The van der Waals surface area contributed by atoms with Gasteiger partial charge in [-0.2, -0.15) is 0 Å². The molecule has 0 saturated heterocycles. The standard InChI is InChI=1S/C13H20NO4P/c1-4-17-13(15)11(3)14-19(16,5-2)18-12-9-7-6-8-10-12/h6-11H,4-5H2,1-3H3,(H,14,16). The zero-order valence-electron chi connectivity index (χ0n) is 11.5. The number of nitrogens with one attached hydrogen (secondary N) is 1. The second-order valence-corrected chi connectivity index (χ2v) is 6.42. The Labute approximate surface area is 113 Å². The van der Waals surface area contributed by atoms with Crippen LogP contribution in [0.4, 0.5) is 0 Å². The highest BCUT2D eigenvalue weighted by Crippen LogP contribution is 2.42. The van der Waals surface area contributed by atoms with Crippen LogP contribution in [0.3, 0.4) is 0 Å². The van der Waals surface area contributed by atoms with Crippen LogP contribution in [-0.2, 0) is 14.1 Å². The van der Waals surface area contributed by atoms with Gasteiger partial charge in [0.25, 0.3) is 0 Å². The Morgan fingerprint density at radius 1 is 1.32 bits per heavy atom. The number of hydrogen-bond acceptors (Lipinski definition) is 4. The van der Waals surface area contributed by atoms with Gasteiger partial charge in [-0.25, -0.2) is 5.09 Å². The van der Waals surface area contributed by atoms with Crippen molar-refractivity contribution in [2.75, 3.05) is 12.8 Å². The zero-order valence-corrected chi connectivity index (χ0v) is 12.4. The Kier molecular flexibility index (Phi) is 6.06. The van der Waals surface area contributed by atoms with E-state index in [9.17, 15) is 9.36 Å². The number of carbonyl (C=O) groups excluding carboxylic acids is 1. The van der Waals surface area contributed by atoms with Crippen LogP contribution in [0.5, 0.6) is 5.75 Å². The van der Waals surface area contributed by atoms with Crippen molar-refractivity contribution in [3.63, 3.8) is 0 Å². The minimum absolute atomic E-state index is 0.283. The Hall–Kier alpha value is -1.32. The highest BCUT2D eigenvalue weighted by molar-refractivity contribution is 7.57. The molecule has 1 aromatic carbocycles. The molecule has 0 fully saturated rings. The molecule has 0 amide bonds. The summed E-state index contributed by atoms with van der Waals surface area (Å²) in [5.41, 5.74) is 0. The van der Waals surface area contributed by atoms with Crippen LogP contribution in [0.1, 0.15) is 20.8 Å². The first-order chi connectivity index (χ1) is 9.00. The smallest absolute Gasteiger partial charge is 0.323 e. The van der Waals surface area contributed by atoms with E-state index in [-0.39, 0.29) is 6.16 Å². The minimum atomic E-state index is -3.11. The summed E-state index contributed by atoms with van der Waals surface area (Å²) in [4.78, 5) is 11.5. The SMILES string of the molecule is CCOC(=O)C(C)NP(=O)(CC)Oc1ccccc1. The van der Waals surface area contributed by atoms with Crippen molar-refractivity contribution in [2.45, 2.75) is 26.8 Å². The molecule has 0 saturated carbocycles. The van der Waals surface area contributed by atoms with E-state index in [0.717, 1.165) is 0 Å². The largest absolute Gasteiger partial charge is 0.465 e. The van der Waals surface area contributed by atoms with Crippen molar-refractivity contribution in [2.24, 2.45) is 0 Å². The van der Waals surface area contributed by atoms with Crippen molar-refractivity contribution < 1.29 is 18.6 Å². The first-order valence-corrected chi connectivity index (χ1v) is 8.10. The van der Waals surface area contributed by atoms with Gasteiger partial charge < -0.3 is 9.26 Å². The molecule has 1 aromatic rings. The van der Waals surface area contributed by atoms with E-state index < -0.39 is 19.5 Å². The summed E-state index contributed by atoms with van der Waals surface area (Å²) in [6.45, 7) is 5.37. The minimum Gasteiger partial charge on any atom is -0.465 e. The van der Waals surface area contributed by atoms with E-state index in [1.54, 1.807) is 45.0 Å². The molecule has 19 heavy (non-hydrogen) atoms. The van der Waals surface area contributed by atoms with Gasteiger partial charge in [0.2, 0.25) is 0 Å². The topological polar surface area (TPSA) is 64.6 Å². The third-order valence-electron chi connectivity index (χ3n) is 2.44. The summed E-state index contributed by atoms with van der Waals surface area (Å²) in [7, 11) is -3.11. The fourth-order valence-electron chi connectivity index (χ4n) is 1.45. The first kappa shape index (κ1) is 15.7. The summed E-state index contributed by atoms with van der Waals surface area (Å²) >= 11 is 0. The molecule has 1 rings (SSSR count). The molecule has 6 heteroatoms. The Bertz CT molecular complexity index is 449. The van der Waals surface area contributed by atoms with Gasteiger partial charge in [-0.1, -0.05) is 25.1 Å². The van der Waals surface area contributed by atoms with E-state index >= 15 is 0 Å². The van der Waals surface area contributed by atoms with Crippen molar-refractivity contribution in [1.29, 1.82) is 0 Å². The van der Waals surface area contributed by atoms with Crippen LogP contribution in [0.15, 0.2) is 30.3 Å². The molecule has 0 aliphatic heterocycles. The number of hydrogen-bond donors (Lipinski definition) is 1. The molecule has 5 nitrogen and oxygen atoms in total. The Morgan fingerprint density at radius 2 is 1.95 bits per heavy atom. The molecule has 0 bridgehead atoms. The van der Waals surface area contributed by atoms with Crippen molar-refractivity contribution in [3.05, 3.63) is 30.3 Å². The molecule has 1 N–H and O–H groups in total. The number of rotatable bonds is 7. The molecular formula is C13H20NO4P. The van der Waals surface area contributed by atoms with Crippen molar-refractivity contribution >= 4 is 13.5 Å². The molecule has 2 unspecified atom stereocenters. The summed E-state index contributed by atoms with van der Waals surface area (Å²) < 4.78 is 22.9. The lowest BCUT2D eigenvalue weighted by molar-refractivity contribution is -0.144. The van der Waals surface area contributed by atoms with Crippen LogP contribution >= 0.6 is 7.52 Å². The maximum atomic E-state index is 12.5. The lowest BCUT2D eigenvalue weighted by Crippen LogP contribution is -2.35. The van der Waals surface area contributed by atoms with Crippen LogP contribution in [0.25, 0.3) is 0 Å². The summed E-state index contributed by atoms with van der Waals surface area (Å²) in [6.07, 6.45) is 0.283. The molecule has 106 valence electrons. The van der Waals surface area contributed by atoms with Gasteiger partial charge in [-0.05, 0) is 26.0 Å². The second-order valence-electron chi connectivity index (χ2n) is 4.00. The molecule has 0 aliphatic rings. The van der Waals surface area contributed by atoms with Gasteiger partial charge in [0.1, 0.15) is 11.8 Å². The zero-order chi connectivity index (χ0) is 14.3. The summed E-state index contributed by atoms with van der Waals surface area (Å²) in [5.74, 6) is 0.0732. The van der Waals surface area contributed by atoms with Crippen LogP contribution in [-0.4, -0.2) is 24.8 Å². The maximum absolute atomic E-state index is 12.5. The van der Waals surface area contributed by atoms with Gasteiger partial charge in [-0.15, -0.1) is 0 Å². The number of benzene rings is 1. The summed E-state index contributed by atoms with van der Waals surface area (Å²) in [6, 6.07) is 8.21. The lowest BCUT2D eigenvalue weighted by atomic mass is 10.3. The van der Waals surface area contributed by atoms with E-state index in [1.807, 2.05) is 6.07 Å². The average Bonchev–Trinajstić information content (AvgIpc) is 2.40. The fraction of sp³-hybridized carbons (Fsp3) is 0.462. The van der Waals surface area contributed by atoms with E-state index in [2.05, 4.69) is 5.09 Å². The maximum Gasteiger partial charge on any atom is 0.323 e. The Balaban J connectivity index is 2.70. The quantitative estimate of drug-likeness (QED) is 0.616. The second kappa shape index (κ2) is 7.31. The average molecular weight is 285 g/mol. The first-order valence-electron chi connectivity index (χ1n) is 6.29. The number of carbonyl (C=O) groups is 1. The molecule has 0 aliphatic carbocycles. The predicted octanol–water partition coefficient (Wildman–Crippen LogP) is 2.82. The van der Waals surface area contributed by atoms with Crippen molar-refractivity contribution in [3.8, 4) is 5.75 Å². The molecule has 0 aromatic heterocycles. The normalized spacial score (nSPS) is 15.3. The van der Waals surface area contributed by atoms with Crippen LogP contribution in [0, 0.1) is 0 Å². The molecule has 0 heterocycles. The number of ether oxygens (including phenoxy) is 1. The van der Waals surface area contributed by atoms with Gasteiger partial charge in [0.05, 0.1) is 6.61 Å². The summed E-state index contributed by atoms with van der Waals surface area (Å²) in [5, 5.41) is 2.73. The van der Waals surface area contributed by atoms with E-state index in [1.165, 1.54) is 0 Å². The molecule has 2 atom stereocenters. The van der Waals surface area contributed by atoms with Crippen LogP contribution in [0.2, 0.25) is 0 Å². The lowest BCUT2D eigenvalue weighted by Gasteiger charge is -2.22. The molecule has 0 radical (unpaired) electrons. The van der Waals surface area contributed by atoms with Gasteiger partial charge in [0, 0.05) is 6.16 Å². The van der Waals surface area contributed by atoms with Gasteiger partial charge >= 0.3 is 13.5 Å². The molecule has 0 spiro atoms. The highest BCUT2D eigenvalue weighted by Gasteiger charge is 2.28. The third-order valence-corrected chi connectivity index (χ3v) is 4.56. The number of para-hydroxylation sites is 1. The third kappa shape index (κ3) is 5.05. The monoisotopic (exact) mass is 285 g/mol. The Morgan fingerprint density at radius 3 is 2.47 bits per heavy atom. The highest BCUT2D eigenvalue weighted by atomic mass is 31.2. The number of esters is 1.